The van der Waals surface area contributed by atoms with E-state index in [1.165, 1.54) is 0 Å². The van der Waals surface area contributed by atoms with E-state index in [-0.39, 0.29) is 12.2 Å². The molecule has 0 aliphatic heterocycles. The summed E-state index contributed by atoms with van der Waals surface area (Å²) in [5, 5.41) is 0. The first-order valence-electron chi connectivity index (χ1n) is 7.67. The average molecular weight is 307 g/mol. The summed E-state index contributed by atoms with van der Waals surface area (Å²) in [5.41, 5.74) is 0. The molecule has 0 heterocycles. The second-order valence-electron chi connectivity index (χ2n) is 6.34. The van der Waals surface area contributed by atoms with E-state index in [0.29, 0.717) is 0 Å². The summed E-state index contributed by atoms with van der Waals surface area (Å²) < 4.78 is 18.5. The Morgan fingerprint density at radius 1 is 0.737 bits per heavy atom. The van der Waals surface area contributed by atoms with Crippen molar-refractivity contribution in [2.24, 2.45) is 0 Å². The average Bonchev–Trinajstić information content (AvgIpc) is 2.13. The van der Waals surface area contributed by atoms with Crippen LogP contribution in [0.3, 0.4) is 0 Å². The van der Waals surface area contributed by atoms with Crippen LogP contribution in [-0.2, 0) is 13.0 Å². The number of rotatable bonds is 10. The van der Waals surface area contributed by atoms with E-state index in [1.807, 2.05) is 0 Å². The standard InChI is InChI=1S/C14H34O3Si2/c1-9-11-13(3)15-18(5,6)17-19(7,8)16-14(4)12-10-2/h13-14H,9-12H2,1-8H3. The van der Waals surface area contributed by atoms with Gasteiger partial charge in [0.2, 0.25) is 0 Å². The fourth-order valence-corrected chi connectivity index (χ4v) is 9.83. The smallest absolute Gasteiger partial charge is 0.323 e. The van der Waals surface area contributed by atoms with Crippen molar-refractivity contribution in [2.45, 2.75) is 91.8 Å². The highest BCUT2D eigenvalue weighted by molar-refractivity contribution is 6.78. The zero-order chi connectivity index (χ0) is 15.1. The van der Waals surface area contributed by atoms with Gasteiger partial charge < -0.3 is 13.0 Å². The van der Waals surface area contributed by atoms with E-state index in [4.69, 9.17) is 13.0 Å². The van der Waals surface area contributed by atoms with E-state index in [1.54, 1.807) is 0 Å². The first-order chi connectivity index (χ1) is 8.62. The van der Waals surface area contributed by atoms with Gasteiger partial charge in [-0.05, 0) is 52.9 Å². The van der Waals surface area contributed by atoms with Crippen LogP contribution in [-0.4, -0.2) is 29.3 Å². The van der Waals surface area contributed by atoms with Crippen molar-refractivity contribution in [1.29, 1.82) is 0 Å². The van der Waals surface area contributed by atoms with Gasteiger partial charge in [0.05, 0.1) is 0 Å². The number of hydrogen-bond acceptors (Lipinski definition) is 3. The Morgan fingerprint density at radius 2 is 1.05 bits per heavy atom. The Balaban J connectivity index is 4.36. The second kappa shape index (κ2) is 8.57. The van der Waals surface area contributed by atoms with Gasteiger partial charge in [-0.1, -0.05) is 26.7 Å². The summed E-state index contributed by atoms with van der Waals surface area (Å²) in [6.45, 7) is 17.1. The first kappa shape index (κ1) is 19.3. The van der Waals surface area contributed by atoms with Crippen LogP contribution in [0.5, 0.6) is 0 Å². The topological polar surface area (TPSA) is 27.7 Å². The lowest BCUT2D eigenvalue weighted by atomic mass is 10.2. The molecule has 0 saturated heterocycles. The van der Waals surface area contributed by atoms with Gasteiger partial charge in [-0.25, -0.2) is 0 Å². The van der Waals surface area contributed by atoms with Crippen molar-refractivity contribution < 1.29 is 13.0 Å². The Hall–Kier alpha value is 0.314. The van der Waals surface area contributed by atoms with Crippen LogP contribution < -0.4 is 0 Å². The van der Waals surface area contributed by atoms with Crippen molar-refractivity contribution in [3.8, 4) is 0 Å². The molecule has 0 aliphatic carbocycles. The van der Waals surface area contributed by atoms with E-state index in [0.717, 1.165) is 25.7 Å². The predicted molar refractivity (Wildman–Crippen MR) is 87.0 cm³/mol. The Bertz CT molecular complexity index is 221. The van der Waals surface area contributed by atoms with E-state index < -0.39 is 17.1 Å². The highest BCUT2D eigenvalue weighted by Crippen LogP contribution is 2.21. The molecule has 0 radical (unpaired) electrons. The van der Waals surface area contributed by atoms with Crippen molar-refractivity contribution >= 4 is 17.1 Å². The molecule has 0 saturated carbocycles. The van der Waals surface area contributed by atoms with Crippen LogP contribution in [0, 0.1) is 0 Å². The van der Waals surface area contributed by atoms with Gasteiger partial charge in [-0.15, -0.1) is 0 Å². The summed E-state index contributed by atoms with van der Waals surface area (Å²) in [6.07, 6.45) is 5.05. The molecule has 0 aliphatic rings. The van der Waals surface area contributed by atoms with Crippen LogP contribution in [0.25, 0.3) is 0 Å². The molecule has 0 aromatic rings. The predicted octanol–water partition coefficient (Wildman–Crippen LogP) is 4.82. The third kappa shape index (κ3) is 9.79. The van der Waals surface area contributed by atoms with Crippen LogP contribution in [0.1, 0.15) is 53.4 Å². The van der Waals surface area contributed by atoms with Crippen LogP contribution in [0.2, 0.25) is 26.2 Å². The molecule has 0 N–H and O–H groups in total. The van der Waals surface area contributed by atoms with Gasteiger partial charge in [0.15, 0.2) is 0 Å². The maximum absolute atomic E-state index is 6.29. The molecular formula is C14H34O3Si2. The van der Waals surface area contributed by atoms with Crippen molar-refractivity contribution in [3.63, 3.8) is 0 Å². The molecule has 0 rings (SSSR count). The quantitative estimate of drug-likeness (QED) is 0.542. The molecule has 0 fully saturated rings. The fourth-order valence-electron chi connectivity index (χ4n) is 2.54. The minimum atomic E-state index is -2.09. The molecule has 0 aromatic heterocycles. The van der Waals surface area contributed by atoms with E-state index >= 15 is 0 Å². The first-order valence-corrected chi connectivity index (χ1v) is 13.3. The minimum Gasteiger partial charge on any atom is -0.415 e. The molecule has 0 aromatic carbocycles. The van der Waals surface area contributed by atoms with Gasteiger partial charge in [-0.2, -0.15) is 0 Å². The SMILES string of the molecule is CCCC(C)O[Si](C)(C)O[Si](C)(C)OC(C)CCC. The Kier molecular flexibility index (Phi) is 8.71. The maximum Gasteiger partial charge on any atom is 0.323 e. The lowest BCUT2D eigenvalue weighted by Crippen LogP contribution is -2.50. The molecule has 5 heteroatoms. The molecule has 2 atom stereocenters. The summed E-state index contributed by atoms with van der Waals surface area (Å²) in [4.78, 5) is 0. The molecule has 0 bridgehead atoms. The molecule has 19 heavy (non-hydrogen) atoms. The summed E-state index contributed by atoms with van der Waals surface area (Å²) in [5.74, 6) is 0. The maximum atomic E-state index is 6.29. The Morgan fingerprint density at radius 3 is 1.32 bits per heavy atom. The highest BCUT2D eigenvalue weighted by Gasteiger charge is 2.38. The monoisotopic (exact) mass is 306 g/mol. The van der Waals surface area contributed by atoms with Crippen LogP contribution in [0.15, 0.2) is 0 Å². The van der Waals surface area contributed by atoms with Gasteiger partial charge >= 0.3 is 17.1 Å². The lowest BCUT2D eigenvalue weighted by molar-refractivity contribution is 0.123. The molecule has 0 spiro atoms. The van der Waals surface area contributed by atoms with Crippen molar-refractivity contribution in [2.75, 3.05) is 0 Å². The molecule has 3 nitrogen and oxygen atoms in total. The largest absolute Gasteiger partial charge is 0.415 e. The van der Waals surface area contributed by atoms with Crippen molar-refractivity contribution in [3.05, 3.63) is 0 Å². The molecule has 0 amide bonds. The fraction of sp³-hybridized carbons (Fsp3) is 1.00. The normalized spacial score (nSPS) is 16.4. The van der Waals surface area contributed by atoms with E-state index in [9.17, 15) is 0 Å². The van der Waals surface area contributed by atoms with Gasteiger partial charge in [0, 0.05) is 12.2 Å². The van der Waals surface area contributed by atoms with E-state index in [2.05, 4.69) is 53.9 Å². The third-order valence-corrected chi connectivity index (χ3v) is 8.72. The molecular weight excluding hydrogens is 272 g/mol. The number of hydrogen-bond donors (Lipinski definition) is 0. The zero-order valence-corrected chi connectivity index (χ0v) is 16.2. The van der Waals surface area contributed by atoms with Crippen LogP contribution in [0.4, 0.5) is 0 Å². The third-order valence-electron chi connectivity index (χ3n) is 2.85. The summed E-state index contributed by atoms with van der Waals surface area (Å²) in [7, 11) is -4.18. The Labute approximate surface area is 122 Å². The summed E-state index contributed by atoms with van der Waals surface area (Å²) in [6, 6.07) is 0. The van der Waals surface area contributed by atoms with Gasteiger partial charge in [0.1, 0.15) is 0 Å². The van der Waals surface area contributed by atoms with Crippen LogP contribution >= 0.6 is 0 Å². The molecule has 2 unspecified atom stereocenters. The van der Waals surface area contributed by atoms with Crippen molar-refractivity contribution in [1.82, 2.24) is 0 Å². The lowest BCUT2D eigenvalue weighted by Gasteiger charge is -2.36. The van der Waals surface area contributed by atoms with Gasteiger partial charge in [-0.3, -0.25) is 0 Å². The highest BCUT2D eigenvalue weighted by atomic mass is 28.5. The summed E-state index contributed by atoms with van der Waals surface area (Å²) >= 11 is 0. The molecule has 116 valence electrons. The second-order valence-corrected chi connectivity index (χ2v) is 13.2. The minimum absolute atomic E-state index is 0.282. The van der Waals surface area contributed by atoms with Gasteiger partial charge in [0.25, 0.3) is 0 Å². The zero-order valence-electron chi connectivity index (χ0n) is 14.2.